The van der Waals surface area contributed by atoms with E-state index in [1.54, 1.807) is 7.11 Å². The van der Waals surface area contributed by atoms with Crippen molar-refractivity contribution in [3.8, 4) is 5.88 Å². The number of rotatable bonds is 3. The van der Waals surface area contributed by atoms with Gasteiger partial charge < -0.3 is 10.5 Å². The van der Waals surface area contributed by atoms with Gasteiger partial charge in [0.05, 0.1) is 7.11 Å². The summed E-state index contributed by atoms with van der Waals surface area (Å²) in [4.78, 5) is 0. The van der Waals surface area contributed by atoms with Gasteiger partial charge in [0.1, 0.15) is 0 Å². The Bertz CT molecular complexity index is 299. The van der Waals surface area contributed by atoms with Crippen LogP contribution in [0.3, 0.4) is 0 Å². The van der Waals surface area contributed by atoms with Crippen LogP contribution in [0.2, 0.25) is 0 Å². The maximum absolute atomic E-state index is 5.56. The maximum atomic E-state index is 5.56. The molecule has 0 spiro atoms. The smallest absolute Gasteiger partial charge is 0.235 e. The second-order valence-electron chi connectivity index (χ2n) is 4.38. The fraction of sp³-hybridized carbons (Fsp3) is 0.700. The molecule has 4 nitrogen and oxygen atoms in total. The molecule has 0 aliphatic carbocycles. The topological polar surface area (TPSA) is 63.9 Å². The Morgan fingerprint density at radius 2 is 2.07 bits per heavy atom. The Hall–Kier alpha value is -1.03. The highest BCUT2D eigenvalue weighted by molar-refractivity contribution is 5.34. The Balaban J connectivity index is 3.10. The number of nitrogens with two attached hydrogens (primary N) is 1. The van der Waals surface area contributed by atoms with Crippen molar-refractivity contribution in [3.05, 3.63) is 11.3 Å². The van der Waals surface area contributed by atoms with Gasteiger partial charge in [-0.25, -0.2) is 0 Å². The predicted molar refractivity (Wildman–Crippen MR) is 56.6 cm³/mol. The number of methoxy groups -OCH3 is 1. The first-order valence-corrected chi connectivity index (χ1v) is 4.82. The van der Waals surface area contributed by atoms with E-state index in [9.17, 15) is 0 Å². The van der Waals surface area contributed by atoms with Crippen molar-refractivity contribution >= 4 is 0 Å². The molecule has 1 aromatic heterocycles. The normalized spacial score (nSPS) is 11.8. The molecule has 14 heavy (non-hydrogen) atoms. The number of aromatic nitrogens is 2. The summed E-state index contributed by atoms with van der Waals surface area (Å²) in [5.41, 5.74) is 7.82. The summed E-state index contributed by atoms with van der Waals surface area (Å²) in [5.74, 6) is 0.667. The van der Waals surface area contributed by atoms with Crippen LogP contribution in [0.15, 0.2) is 0 Å². The first kappa shape index (κ1) is 11.0. The summed E-state index contributed by atoms with van der Waals surface area (Å²) >= 11 is 0. The molecule has 0 radical (unpaired) electrons. The fourth-order valence-corrected chi connectivity index (χ4v) is 1.51. The molecule has 4 heteroatoms. The Labute approximate surface area is 84.8 Å². The molecule has 0 bridgehead atoms. The van der Waals surface area contributed by atoms with E-state index in [2.05, 4.69) is 31.0 Å². The quantitative estimate of drug-likeness (QED) is 0.765. The van der Waals surface area contributed by atoms with Gasteiger partial charge in [0.15, 0.2) is 0 Å². The molecule has 1 aromatic rings. The van der Waals surface area contributed by atoms with E-state index in [1.165, 1.54) is 0 Å². The van der Waals surface area contributed by atoms with E-state index in [0.29, 0.717) is 12.4 Å². The van der Waals surface area contributed by atoms with Crippen LogP contribution >= 0.6 is 0 Å². The minimum absolute atomic E-state index is 0.0499. The molecule has 0 aliphatic rings. The second kappa shape index (κ2) is 4.00. The largest absolute Gasteiger partial charge is 0.480 e. The van der Waals surface area contributed by atoms with E-state index >= 15 is 0 Å². The lowest BCUT2D eigenvalue weighted by Gasteiger charge is -2.18. The monoisotopic (exact) mass is 197 g/mol. The summed E-state index contributed by atoms with van der Waals surface area (Å²) in [5, 5.41) is 7.14. The third kappa shape index (κ3) is 2.07. The Kier molecular flexibility index (Phi) is 3.16. The molecule has 0 saturated heterocycles. The highest BCUT2D eigenvalue weighted by Crippen LogP contribution is 2.29. The van der Waals surface area contributed by atoms with Gasteiger partial charge in [-0.15, -0.1) is 5.10 Å². The lowest BCUT2D eigenvalue weighted by Crippen LogP contribution is -2.16. The molecule has 0 amide bonds. The molecule has 0 atom stereocenters. The van der Waals surface area contributed by atoms with Crippen molar-refractivity contribution in [2.75, 3.05) is 13.7 Å². The minimum Gasteiger partial charge on any atom is -0.480 e. The third-order valence-corrected chi connectivity index (χ3v) is 2.17. The van der Waals surface area contributed by atoms with Gasteiger partial charge >= 0.3 is 0 Å². The van der Waals surface area contributed by atoms with E-state index in [-0.39, 0.29) is 5.41 Å². The van der Waals surface area contributed by atoms with E-state index in [0.717, 1.165) is 17.7 Å². The summed E-state index contributed by atoms with van der Waals surface area (Å²) in [6, 6.07) is 0. The molecule has 0 unspecified atom stereocenters. The van der Waals surface area contributed by atoms with Gasteiger partial charge in [0.25, 0.3) is 0 Å². The van der Waals surface area contributed by atoms with Gasteiger partial charge in [-0.3, -0.25) is 5.10 Å². The zero-order chi connectivity index (χ0) is 10.8. The summed E-state index contributed by atoms with van der Waals surface area (Å²) in [7, 11) is 1.63. The van der Waals surface area contributed by atoms with Crippen molar-refractivity contribution < 1.29 is 4.74 Å². The zero-order valence-corrected chi connectivity index (χ0v) is 9.35. The van der Waals surface area contributed by atoms with Crippen LogP contribution in [-0.2, 0) is 11.8 Å². The molecular weight excluding hydrogens is 178 g/mol. The number of ether oxygens (including phenoxy) is 1. The van der Waals surface area contributed by atoms with Crippen molar-refractivity contribution in [3.63, 3.8) is 0 Å². The van der Waals surface area contributed by atoms with Gasteiger partial charge in [-0.05, 0) is 13.0 Å². The van der Waals surface area contributed by atoms with Crippen LogP contribution < -0.4 is 10.5 Å². The lowest BCUT2D eigenvalue weighted by molar-refractivity contribution is 0.392. The maximum Gasteiger partial charge on any atom is 0.235 e. The molecule has 0 aliphatic heterocycles. The van der Waals surface area contributed by atoms with Crippen molar-refractivity contribution in [1.29, 1.82) is 0 Å². The number of H-pyrrole nitrogens is 1. The number of hydrogen-bond donors (Lipinski definition) is 2. The molecule has 80 valence electrons. The van der Waals surface area contributed by atoms with E-state index in [1.807, 2.05) is 0 Å². The molecule has 0 aromatic carbocycles. The molecule has 0 fully saturated rings. The van der Waals surface area contributed by atoms with Crippen LogP contribution in [0.4, 0.5) is 0 Å². The Morgan fingerprint density at radius 1 is 1.43 bits per heavy atom. The standard InChI is InChI=1S/C10H19N3O/c1-10(2,3)8-7(5-6-11)9(14-4)13-12-8/h5-6,11H2,1-4H3,(H,12,13). The summed E-state index contributed by atoms with van der Waals surface area (Å²) in [6.45, 7) is 7.03. The first-order valence-electron chi connectivity index (χ1n) is 4.82. The number of nitrogens with one attached hydrogen (secondary N) is 1. The molecule has 3 N–H and O–H groups in total. The van der Waals surface area contributed by atoms with Gasteiger partial charge in [-0.1, -0.05) is 20.8 Å². The summed E-state index contributed by atoms with van der Waals surface area (Å²) in [6.07, 6.45) is 0.798. The molecule has 1 rings (SSSR count). The molecular formula is C10H19N3O. The van der Waals surface area contributed by atoms with Gasteiger partial charge in [0.2, 0.25) is 5.88 Å². The van der Waals surface area contributed by atoms with Crippen LogP contribution in [0.5, 0.6) is 5.88 Å². The highest BCUT2D eigenvalue weighted by atomic mass is 16.5. The minimum atomic E-state index is 0.0499. The average molecular weight is 197 g/mol. The van der Waals surface area contributed by atoms with E-state index in [4.69, 9.17) is 10.5 Å². The summed E-state index contributed by atoms with van der Waals surface area (Å²) < 4.78 is 5.18. The van der Waals surface area contributed by atoms with Gasteiger partial charge in [0, 0.05) is 16.7 Å². The highest BCUT2D eigenvalue weighted by Gasteiger charge is 2.23. The number of hydrogen-bond acceptors (Lipinski definition) is 3. The van der Waals surface area contributed by atoms with E-state index < -0.39 is 0 Å². The van der Waals surface area contributed by atoms with Crippen LogP contribution in [0.1, 0.15) is 32.0 Å². The SMILES string of the molecule is COc1n[nH]c(C(C)(C)C)c1CCN. The van der Waals surface area contributed by atoms with Gasteiger partial charge in [-0.2, -0.15) is 0 Å². The van der Waals surface area contributed by atoms with Crippen molar-refractivity contribution in [2.24, 2.45) is 5.73 Å². The predicted octanol–water partition coefficient (Wildman–Crippen LogP) is 1.22. The zero-order valence-electron chi connectivity index (χ0n) is 9.35. The Morgan fingerprint density at radius 3 is 2.50 bits per heavy atom. The number of aromatic amines is 1. The third-order valence-electron chi connectivity index (χ3n) is 2.17. The van der Waals surface area contributed by atoms with Crippen molar-refractivity contribution in [2.45, 2.75) is 32.6 Å². The number of nitrogens with zero attached hydrogens (tertiary/aromatic N) is 1. The molecule has 1 heterocycles. The average Bonchev–Trinajstić information content (AvgIpc) is 2.47. The first-order chi connectivity index (χ1) is 6.50. The molecule has 0 saturated carbocycles. The van der Waals surface area contributed by atoms with Crippen LogP contribution in [0, 0.1) is 0 Å². The van der Waals surface area contributed by atoms with Crippen LogP contribution in [0.25, 0.3) is 0 Å². The lowest BCUT2D eigenvalue weighted by atomic mass is 9.88. The second-order valence-corrected chi connectivity index (χ2v) is 4.38. The fourth-order valence-electron chi connectivity index (χ4n) is 1.51. The van der Waals surface area contributed by atoms with Crippen molar-refractivity contribution in [1.82, 2.24) is 10.2 Å². The van der Waals surface area contributed by atoms with Crippen LogP contribution in [-0.4, -0.2) is 23.9 Å².